The fourth-order valence-electron chi connectivity index (χ4n) is 2.56. The first-order chi connectivity index (χ1) is 13.8. The number of amides is 2. The van der Waals surface area contributed by atoms with Crippen molar-refractivity contribution >= 4 is 33.4 Å². The zero-order valence-corrected chi connectivity index (χ0v) is 19.0. The number of hydrogen-bond donors (Lipinski definition) is 2. The summed E-state index contributed by atoms with van der Waals surface area (Å²) in [6.45, 7) is 8.77. The second-order valence-electron chi connectivity index (χ2n) is 7.49. The lowest BCUT2D eigenvalue weighted by atomic mass is 10.1. The molecule has 1 atom stereocenters. The highest BCUT2D eigenvalue weighted by molar-refractivity contribution is 9.10. The Bertz CT molecular complexity index is 852. The van der Waals surface area contributed by atoms with Crippen molar-refractivity contribution in [3.63, 3.8) is 0 Å². The van der Waals surface area contributed by atoms with Crippen LogP contribution in [0.2, 0.25) is 0 Å². The number of anilines is 1. The first kappa shape index (κ1) is 22.9. The van der Waals surface area contributed by atoms with Gasteiger partial charge in [0, 0.05) is 21.8 Å². The number of halogens is 1. The molecule has 0 radical (unpaired) electrons. The molecule has 0 fully saturated rings. The van der Waals surface area contributed by atoms with Gasteiger partial charge in [-0.1, -0.05) is 42.8 Å². The maximum absolute atomic E-state index is 12.9. The molecule has 0 aliphatic heterocycles. The van der Waals surface area contributed by atoms with Gasteiger partial charge in [0.25, 0.3) is 11.8 Å². The summed E-state index contributed by atoms with van der Waals surface area (Å²) < 4.78 is 6.63. The van der Waals surface area contributed by atoms with Crippen LogP contribution in [0.15, 0.2) is 46.9 Å². The predicted molar refractivity (Wildman–Crippen MR) is 121 cm³/mol. The zero-order valence-electron chi connectivity index (χ0n) is 17.4. The van der Waals surface area contributed by atoms with Gasteiger partial charge in [-0.15, -0.1) is 0 Å². The van der Waals surface area contributed by atoms with Gasteiger partial charge in [-0.05, 0) is 62.1 Å². The van der Waals surface area contributed by atoms with Crippen LogP contribution < -0.4 is 15.4 Å². The highest BCUT2D eigenvalue weighted by Gasteiger charge is 2.15. The van der Waals surface area contributed by atoms with Crippen LogP contribution in [0.1, 0.15) is 61.3 Å². The predicted octanol–water partition coefficient (Wildman–Crippen LogP) is 5.65. The molecule has 0 bridgehead atoms. The minimum Gasteiger partial charge on any atom is -0.493 e. The standard InChI is InChI=1S/C23H29BrN2O3/c1-5-16(4)25-22(27)17-7-6-8-19(13-17)26-23(28)20-14-18(24)9-10-21(20)29-12-11-15(2)3/h6-10,13-16H,5,11-12H2,1-4H3,(H,25,27)(H,26,28). The number of rotatable bonds is 9. The largest absolute Gasteiger partial charge is 0.493 e. The van der Waals surface area contributed by atoms with E-state index in [0.717, 1.165) is 17.3 Å². The topological polar surface area (TPSA) is 67.4 Å². The maximum Gasteiger partial charge on any atom is 0.259 e. The number of carbonyl (C=O) groups is 2. The SMILES string of the molecule is CCC(C)NC(=O)c1cccc(NC(=O)c2cc(Br)ccc2OCCC(C)C)c1. The van der Waals surface area contributed by atoms with Crippen molar-refractivity contribution in [2.75, 3.05) is 11.9 Å². The second kappa shape index (κ2) is 11.0. The quantitative estimate of drug-likeness (QED) is 0.507. The number of ether oxygens (including phenoxy) is 1. The third-order valence-corrected chi connectivity index (χ3v) is 5.00. The van der Waals surface area contributed by atoms with Crippen LogP contribution >= 0.6 is 15.9 Å². The summed E-state index contributed by atoms with van der Waals surface area (Å²) in [6, 6.07) is 12.4. The van der Waals surface area contributed by atoms with Crippen molar-refractivity contribution in [2.24, 2.45) is 5.92 Å². The Labute approximate surface area is 181 Å². The van der Waals surface area contributed by atoms with Gasteiger partial charge < -0.3 is 15.4 Å². The Hall–Kier alpha value is -2.34. The summed E-state index contributed by atoms with van der Waals surface area (Å²) in [4.78, 5) is 25.2. The van der Waals surface area contributed by atoms with Crippen LogP contribution in [0.5, 0.6) is 5.75 Å². The monoisotopic (exact) mass is 460 g/mol. The lowest BCUT2D eigenvalue weighted by molar-refractivity contribution is 0.0938. The van der Waals surface area contributed by atoms with E-state index in [0.29, 0.717) is 35.1 Å². The minimum atomic E-state index is -0.287. The average molecular weight is 461 g/mol. The summed E-state index contributed by atoms with van der Waals surface area (Å²) in [6.07, 6.45) is 1.76. The maximum atomic E-state index is 12.9. The molecule has 0 aromatic heterocycles. The van der Waals surface area contributed by atoms with Crippen molar-refractivity contribution in [3.8, 4) is 5.75 Å². The van der Waals surface area contributed by atoms with Crippen molar-refractivity contribution in [1.29, 1.82) is 0 Å². The fraction of sp³-hybridized carbons (Fsp3) is 0.391. The number of carbonyl (C=O) groups excluding carboxylic acids is 2. The van der Waals surface area contributed by atoms with Crippen LogP contribution in [0.4, 0.5) is 5.69 Å². The molecule has 0 aliphatic carbocycles. The van der Waals surface area contributed by atoms with E-state index in [-0.39, 0.29) is 17.9 Å². The number of nitrogens with one attached hydrogen (secondary N) is 2. The summed E-state index contributed by atoms with van der Waals surface area (Å²) in [5.74, 6) is 0.616. The van der Waals surface area contributed by atoms with E-state index < -0.39 is 0 Å². The van der Waals surface area contributed by atoms with Crippen LogP contribution in [-0.2, 0) is 0 Å². The number of benzene rings is 2. The molecule has 156 valence electrons. The summed E-state index contributed by atoms with van der Waals surface area (Å²) in [7, 11) is 0. The lowest BCUT2D eigenvalue weighted by Gasteiger charge is -2.14. The Morgan fingerprint density at radius 3 is 2.52 bits per heavy atom. The molecule has 2 aromatic rings. The molecule has 1 unspecified atom stereocenters. The molecule has 6 heteroatoms. The molecule has 29 heavy (non-hydrogen) atoms. The van der Waals surface area contributed by atoms with Crippen LogP contribution in [0.25, 0.3) is 0 Å². The van der Waals surface area contributed by atoms with E-state index in [9.17, 15) is 9.59 Å². The molecule has 0 saturated carbocycles. The summed E-state index contributed by atoms with van der Waals surface area (Å²) in [5, 5.41) is 5.80. The van der Waals surface area contributed by atoms with Gasteiger partial charge in [-0.25, -0.2) is 0 Å². The fourth-order valence-corrected chi connectivity index (χ4v) is 2.92. The molecule has 2 N–H and O–H groups in total. The van der Waals surface area contributed by atoms with Gasteiger partial charge in [0.1, 0.15) is 5.75 Å². The van der Waals surface area contributed by atoms with Gasteiger partial charge in [-0.2, -0.15) is 0 Å². The molecule has 0 heterocycles. The second-order valence-corrected chi connectivity index (χ2v) is 8.40. The summed E-state index contributed by atoms with van der Waals surface area (Å²) >= 11 is 3.41. The van der Waals surface area contributed by atoms with E-state index >= 15 is 0 Å². The minimum absolute atomic E-state index is 0.0907. The number of hydrogen-bond acceptors (Lipinski definition) is 3. The Morgan fingerprint density at radius 2 is 1.83 bits per heavy atom. The molecular formula is C23H29BrN2O3. The van der Waals surface area contributed by atoms with Crippen LogP contribution in [-0.4, -0.2) is 24.5 Å². The van der Waals surface area contributed by atoms with Crippen LogP contribution in [0.3, 0.4) is 0 Å². The van der Waals surface area contributed by atoms with Gasteiger partial charge in [0.15, 0.2) is 0 Å². The molecule has 2 rings (SSSR count). The van der Waals surface area contributed by atoms with E-state index in [1.54, 1.807) is 36.4 Å². The van der Waals surface area contributed by atoms with Gasteiger partial charge in [-0.3, -0.25) is 9.59 Å². The lowest BCUT2D eigenvalue weighted by Crippen LogP contribution is -2.31. The van der Waals surface area contributed by atoms with E-state index in [4.69, 9.17) is 4.74 Å². The van der Waals surface area contributed by atoms with Crippen molar-refractivity contribution in [2.45, 2.75) is 46.6 Å². The third-order valence-electron chi connectivity index (χ3n) is 4.51. The molecule has 2 aromatic carbocycles. The Morgan fingerprint density at radius 1 is 1.07 bits per heavy atom. The van der Waals surface area contributed by atoms with E-state index in [1.165, 1.54) is 0 Å². The molecular weight excluding hydrogens is 432 g/mol. The van der Waals surface area contributed by atoms with Gasteiger partial charge in [0.05, 0.1) is 12.2 Å². The highest BCUT2D eigenvalue weighted by atomic mass is 79.9. The van der Waals surface area contributed by atoms with Crippen molar-refractivity contribution in [3.05, 3.63) is 58.1 Å². The molecule has 0 spiro atoms. The zero-order chi connectivity index (χ0) is 21.4. The first-order valence-electron chi connectivity index (χ1n) is 9.94. The molecule has 5 nitrogen and oxygen atoms in total. The smallest absolute Gasteiger partial charge is 0.259 e. The Kier molecular flexibility index (Phi) is 8.70. The third kappa shape index (κ3) is 7.20. The van der Waals surface area contributed by atoms with E-state index in [2.05, 4.69) is 40.4 Å². The van der Waals surface area contributed by atoms with Crippen LogP contribution in [0, 0.1) is 5.92 Å². The first-order valence-corrected chi connectivity index (χ1v) is 10.7. The molecule has 0 saturated heterocycles. The summed E-state index contributed by atoms with van der Waals surface area (Å²) in [5.41, 5.74) is 1.50. The van der Waals surface area contributed by atoms with E-state index in [1.807, 2.05) is 19.9 Å². The normalized spacial score (nSPS) is 11.8. The van der Waals surface area contributed by atoms with Crippen molar-refractivity contribution < 1.29 is 14.3 Å². The molecule has 0 aliphatic rings. The average Bonchev–Trinajstić information content (AvgIpc) is 2.68. The Balaban J connectivity index is 2.15. The highest BCUT2D eigenvalue weighted by Crippen LogP contribution is 2.25. The molecule has 2 amide bonds. The van der Waals surface area contributed by atoms with Crippen molar-refractivity contribution in [1.82, 2.24) is 5.32 Å². The van der Waals surface area contributed by atoms with Gasteiger partial charge >= 0.3 is 0 Å². The van der Waals surface area contributed by atoms with Gasteiger partial charge in [0.2, 0.25) is 0 Å².